The van der Waals surface area contributed by atoms with Crippen LogP contribution in [0, 0.1) is 12.3 Å². The topological polar surface area (TPSA) is 34.1 Å². The van der Waals surface area contributed by atoms with E-state index in [0.29, 0.717) is 6.42 Å². The van der Waals surface area contributed by atoms with Crippen LogP contribution < -0.4 is 0 Å². The molecule has 0 radical (unpaired) electrons. The maximum absolute atomic E-state index is 10.8. The lowest BCUT2D eigenvalue weighted by atomic mass is 10.5. The molecule has 0 heterocycles. The highest BCUT2D eigenvalue weighted by Crippen LogP contribution is 1.92. The summed E-state index contributed by atoms with van der Waals surface area (Å²) >= 11 is 0. The van der Waals surface area contributed by atoms with Crippen LogP contribution >= 0.6 is 0 Å². The third-order valence-electron chi connectivity index (χ3n) is 0.936. The molecule has 0 aliphatic rings. The molecule has 10 heavy (non-hydrogen) atoms. The van der Waals surface area contributed by atoms with Gasteiger partial charge in [-0.15, -0.1) is 13.0 Å². The molecule has 0 saturated carbocycles. The van der Waals surface area contributed by atoms with Gasteiger partial charge >= 0.3 is 0 Å². The van der Waals surface area contributed by atoms with E-state index in [1.54, 1.807) is 6.08 Å². The van der Waals surface area contributed by atoms with Crippen molar-refractivity contribution < 1.29 is 8.42 Å². The van der Waals surface area contributed by atoms with Crippen molar-refractivity contribution in [2.24, 2.45) is 0 Å². The largest absolute Gasteiger partial charge is 0.228 e. The van der Waals surface area contributed by atoms with Gasteiger partial charge in [-0.2, -0.15) is 0 Å². The molecule has 56 valence electrons. The summed E-state index contributed by atoms with van der Waals surface area (Å²) in [5.74, 6) is 2.04. The summed E-state index contributed by atoms with van der Waals surface area (Å²) in [6.07, 6.45) is 6.87. The molecule has 0 aromatic rings. The number of hydrogen-bond donors (Lipinski definition) is 0. The molecule has 3 heteroatoms. The molecule has 2 nitrogen and oxygen atoms in total. The highest BCUT2D eigenvalue weighted by molar-refractivity contribution is 7.91. The Morgan fingerprint density at radius 1 is 1.60 bits per heavy atom. The van der Waals surface area contributed by atoms with Gasteiger partial charge in [0.2, 0.25) is 0 Å². The third-order valence-corrected chi connectivity index (χ3v) is 2.40. The van der Waals surface area contributed by atoms with Gasteiger partial charge in [-0.3, -0.25) is 0 Å². The van der Waals surface area contributed by atoms with E-state index < -0.39 is 9.84 Å². The molecule has 0 saturated heterocycles. The van der Waals surface area contributed by atoms with E-state index in [1.165, 1.54) is 0 Å². The van der Waals surface area contributed by atoms with Crippen molar-refractivity contribution in [3.63, 3.8) is 0 Å². The monoisotopic (exact) mass is 158 g/mol. The van der Waals surface area contributed by atoms with E-state index in [9.17, 15) is 8.42 Å². The molecule has 0 aromatic heterocycles. The predicted octanol–water partition coefficient (Wildman–Crippen LogP) is 0.611. The van der Waals surface area contributed by atoms with Crippen LogP contribution in [0.4, 0.5) is 0 Å². The van der Waals surface area contributed by atoms with Gasteiger partial charge in [0, 0.05) is 0 Å². The van der Waals surface area contributed by atoms with E-state index >= 15 is 0 Å². The lowest BCUT2D eigenvalue weighted by Gasteiger charge is -1.94. The molecule has 0 unspecified atom stereocenters. The number of terminal acetylenes is 1. The van der Waals surface area contributed by atoms with E-state index in [2.05, 4.69) is 12.5 Å². The van der Waals surface area contributed by atoms with Crippen molar-refractivity contribution in [1.82, 2.24) is 0 Å². The maximum atomic E-state index is 10.8. The summed E-state index contributed by atoms with van der Waals surface area (Å²) in [7, 11) is -3.00. The fourth-order valence-electron chi connectivity index (χ4n) is 0.462. The van der Waals surface area contributed by atoms with E-state index in [1.807, 2.05) is 0 Å². The van der Waals surface area contributed by atoms with Gasteiger partial charge in [-0.05, 0) is 6.42 Å². The summed E-state index contributed by atoms with van der Waals surface area (Å²) in [6, 6.07) is 0. The van der Waals surface area contributed by atoms with Crippen LogP contribution in [0.3, 0.4) is 0 Å². The van der Waals surface area contributed by atoms with Crippen LogP contribution in [0.5, 0.6) is 0 Å². The SMILES string of the molecule is C#CCS(=O)(=O)CCC=C. The number of sulfone groups is 1. The van der Waals surface area contributed by atoms with Crippen LogP contribution in [0.25, 0.3) is 0 Å². The summed E-state index contributed by atoms with van der Waals surface area (Å²) in [5.41, 5.74) is 0. The first-order valence-corrected chi connectivity index (χ1v) is 4.69. The molecular weight excluding hydrogens is 148 g/mol. The number of hydrogen-bond acceptors (Lipinski definition) is 2. The normalized spacial score (nSPS) is 10.3. The maximum Gasteiger partial charge on any atom is 0.161 e. The lowest BCUT2D eigenvalue weighted by molar-refractivity contribution is 0.599. The average molecular weight is 158 g/mol. The van der Waals surface area contributed by atoms with Gasteiger partial charge in [0.25, 0.3) is 0 Å². The smallest absolute Gasteiger partial charge is 0.161 e. The highest BCUT2D eigenvalue weighted by atomic mass is 32.2. The molecule has 0 N–H and O–H groups in total. The zero-order chi connectivity index (χ0) is 8.04. The molecule has 0 aliphatic heterocycles. The standard InChI is InChI=1S/C7H10O2S/c1-3-5-7-10(8,9)6-4-2/h2-3H,1,5-7H2. The quantitative estimate of drug-likeness (QED) is 0.444. The Labute approximate surface area is 61.9 Å². The second-order valence-corrected chi connectivity index (χ2v) is 4.06. The summed E-state index contributed by atoms with van der Waals surface area (Å²) < 4.78 is 21.6. The fourth-order valence-corrected chi connectivity index (χ4v) is 1.39. The molecular formula is C7H10O2S. The van der Waals surface area contributed by atoms with Gasteiger partial charge in [0.05, 0.1) is 5.75 Å². The van der Waals surface area contributed by atoms with Gasteiger partial charge in [-0.1, -0.05) is 12.0 Å². The molecule has 0 amide bonds. The number of rotatable bonds is 4. The van der Waals surface area contributed by atoms with Crippen molar-refractivity contribution in [3.8, 4) is 12.3 Å². The Kier molecular flexibility index (Phi) is 3.82. The first-order valence-electron chi connectivity index (χ1n) is 2.87. The minimum absolute atomic E-state index is 0.112. The minimum atomic E-state index is -3.00. The molecule has 0 spiro atoms. The van der Waals surface area contributed by atoms with Gasteiger partial charge in [0.15, 0.2) is 9.84 Å². The second-order valence-electron chi connectivity index (χ2n) is 1.87. The Bertz CT molecular complexity index is 231. The molecule has 0 rings (SSSR count). The summed E-state index contributed by atoms with van der Waals surface area (Å²) in [4.78, 5) is 0. The van der Waals surface area contributed by atoms with Crippen molar-refractivity contribution in [2.45, 2.75) is 6.42 Å². The first-order chi connectivity index (χ1) is 4.62. The summed E-state index contributed by atoms with van der Waals surface area (Å²) in [6.45, 7) is 3.41. The third kappa shape index (κ3) is 4.16. The fraction of sp³-hybridized carbons (Fsp3) is 0.429. The second kappa shape index (κ2) is 4.13. The van der Waals surface area contributed by atoms with Crippen molar-refractivity contribution >= 4 is 9.84 Å². The molecule has 0 aromatic carbocycles. The average Bonchev–Trinajstić information content (AvgIpc) is 1.84. The zero-order valence-electron chi connectivity index (χ0n) is 5.71. The van der Waals surface area contributed by atoms with Crippen LogP contribution in [-0.4, -0.2) is 19.9 Å². The van der Waals surface area contributed by atoms with Crippen molar-refractivity contribution in [3.05, 3.63) is 12.7 Å². The lowest BCUT2D eigenvalue weighted by Crippen LogP contribution is -2.08. The van der Waals surface area contributed by atoms with Crippen molar-refractivity contribution in [2.75, 3.05) is 11.5 Å². The minimum Gasteiger partial charge on any atom is -0.228 e. The van der Waals surface area contributed by atoms with Crippen molar-refractivity contribution in [1.29, 1.82) is 0 Å². The Balaban J connectivity index is 3.91. The summed E-state index contributed by atoms with van der Waals surface area (Å²) in [5, 5.41) is 0. The van der Waals surface area contributed by atoms with E-state index in [4.69, 9.17) is 6.42 Å². The molecule has 0 fully saturated rings. The Morgan fingerprint density at radius 2 is 2.20 bits per heavy atom. The molecule has 0 aliphatic carbocycles. The van der Waals surface area contributed by atoms with E-state index in [-0.39, 0.29) is 11.5 Å². The number of allylic oxidation sites excluding steroid dienone is 1. The zero-order valence-corrected chi connectivity index (χ0v) is 6.52. The Morgan fingerprint density at radius 3 is 2.60 bits per heavy atom. The van der Waals surface area contributed by atoms with Gasteiger partial charge < -0.3 is 0 Å². The van der Waals surface area contributed by atoms with Crippen LogP contribution in [0.2, 0.25) is 0 Å². The van der Waals surface area contributed by atoms with Gasteiger partial charge in [0.1, 0.15) is 5.75 Å². The van der Waals surface area contributed by atoms with Crippen LogP contribution in [-0.2, 0) is 9.84 Å². The highest BCUT2D eigenvalue weighted by Gasteiger charge is 2.05. The predicted molar refractivity (Wildman–Crippen MR) is 42.3 cm³/mol. The van der Waals surface area contributed by atoms with E-state index in [0.717, 1.165) is 0 Å². The first kappa shape index (κ1) is 9.25. The molecule has 0 bridgehead atoms. The molecule has 0 atom stereocenters. The van der Waals surface area contributed by atoms with Crippen LogP contribution in [0.15, 0.2) is 12.7 Å². The Hall–Kier alpha value is -0.750. The van der Waals surface area contributed by atoms with Crippen LogP contribution in [0.1, 0.15) is 6.42 Å². The van der Waals surface area contributed by atoms with Gasteiger partial charge in [-0.25, -0.2) is 8.42 Å².